The summed E-state index contributed by atoms with van der Waals surface area (Å²) < 4.78 is 22.7. The Balaban J connectivity index is 2.05. The van der Waals surface area contributed by atoms with E-state index in [-0.39, 0.29) is 0 Å². The van der Waals surface area contributed by atoms with Gasteiger partial charge < -0.3 is 24.4 Å². The Morgan fingerprint density at radius 1 is 0.963 bits per heavy atom. The fourth-order valence-corrected chi connectivity index (χ4v) is 3.03. The topological polar surface area (TPSA) is 61.3 Å². The van der Waals surface area contributed by atoms with E-state index in [9.17, 15) is 0 Å². The predicted octanol–water partition coefficient (Wildman–Crippen LogP) is 4.39. The quantitative estimate of drug-likeness (QED) is 0.442. The van der Waals surface area contributed by atoms with Gasteiger partial charge in [-0.2, -0.15) is 5.10 Å². The van der Waals surface area contributed by atoms with Gasteiger partial charge in [0.05, 0.1) is 44.7 Å². The number of methoxy groups -OCH3 is 2. The van der Waals surface area contributed by atoms with Crippen LogP contribution in [0.5, 0.6) is 23.0 Å². The Kier molecular flexibility index (Phi) is 8.26. The molecule has 0 spiro atoms. The van der Waals surface area contributed by atoms with Crippen LogP contribution in [-0.2, 0) is 6.54 Å². The van der Waals surface area contributed by atoms with Crippen LogP contribution >= 0.6 is 15.9 Å². The molecule has 2 aromatic carbocycles. The van der Waals surface area contributed by atoms with Crippen molar-refractivity contribution in [1.29, 1.82) is 0 Å². The van der Waals surface area contributed by atoms with Crippen LogP contribution in [-0.4, -0.2) is 33.6 Å². The normalized spacial score (nSPS) is 10.7. The largest absolute Gasteiger partial charge is 0.493 e. The molecule has 0 atom stereocenters. The van der Waals surface area contributed by atoms with Crippen molar-refractivity contribution in [2.75, 3.05) is 27.4 Å². The summed E-state index contributed by atoms with van der Waals surface area (Å²) in [6, 6.07) is 9.60. The molecule has 6 nitrogen and oxygen atoms in total. The Hall–Kier alpha value is -2.41. The highest BCUT2D eigenvalue weighted by atomic mass is 79.9. The third kappa shape index (κ3) is 5.79. The van der Waals surface area contributed by atoms with Gasteiger partial charge >= 0.3 is 0 Å². The molecule has 27 heavy (non-hydrogen) atoms. The molecule has 0 saturated carbocycles. The minimum absolute atomic E-state index is 0.560. The molecule has 0 aliphatic rings. The molecule has 0 bridgehead atoms. The molecule has 146 valence electrons. The molecule has 0 unspecified atom stereocenters. The number of rotatable bonds is 10. The molecule has 7 heteroatoms. The summed E-state index contributed by atoms with van der Waals surface area (Å²) in [5, 5.41) is 4.29. The lowest BCUT2D eigenvalue weighted by molar-refractivity contribution is 0.286. The highest BCUT2D eigenvalue weighted by molar-refractivity contribution is 9.10. The van der Waals surface area contributed by atoms with Crippen molar-refractivity contribution in [1.82, 2.24) is 5.43 Å². The van der Waals surface area contributed by atoms with Crippen LogP contribution < -0.4 is 24.4 Å². The number of halogens is 1. The zero-order valence-electron chi connectivity index (χ0n) is 16.0. The van der Waals surface area contributed by atoms with Crippen molar-refractivity contribution in [3.8, 4) is 23.0 Å². The number of hydrogen-bond acceptors (Lipinski definition) is 6. The first-order valence-electron chi connectivity index (χ1n) is 8.68. The third-order valence-electron chi connectivity index (χ3n) is 3.66. The summed E-state index contributed by atoms with van der Waals surface area (Å²) in [6.07, 6.45) is 1.74. The molecule has 2 aromatic rings. The van der Waals surface area contributed by atoms with Crippen LogP contribution in [0.2, 0.25) is 0 Å². The molecule has 0 aliphatic heterocycles. The lowest BCUT2D eigenvalue weighted by atomic mass is 10.2. The van der Waals surface area contributed by atoms with Crippen molar-refractivity contribution in [3.63, 3.8) is 0 Å². The van der Waals surface area contributed by atoms with Gasteiger partial charge in [0.1, 0.15) is 0 Å². The van der Waals surface area contributed by atoms with E-state index in [0.29, 0.717) is 42.8 Å². The second kappa shape index (κ2) is 10.7. The lowest BCUT2D eigenvalue weighted by Gasteiger charge is -2.13. The highest BCUT2D eigenvalue weighted by Crippen LogP contribution is 2.36. The van der Waals surface area contributed by atoms with Crippen molar-refractivity contribution in [2.24, 2.45) is 5.10 Å². The van der Waals surface area contributed by atoms with E-state index in [1.807, 2.05) is 44.2 Å². The van der Waals surface area contributed by atoms with Crippen molar-refractivity contribution >= 4 is 22.1 Å². The Morgan fingerprint density at radius 3 is 2.37 bits per heavy atom. The van der Waals surface area contributed by atoms with Crippen LogP contribution in [0.1, 0.15) is 25.0 Å². The van der Waals surface area contributed by atoms with E-state index in [2.05, 4.69) is 26.5 Å². The molecular weight excluding hydrogens is 412 g/mol. The number of benzene rings is 2. The van der Waals surface area contributed by atoms with Crippen molar-refractivity contribution in [3.05, 3.63) is 45.9 Å². The fraction of sp³-hybridized carbons (Fsp3) is 0.350. The first-order valence-corrected chi connectivity index (χ1v) is 9.48. The van der Waals surface area contributed by atoms with E-state index < -0.39 is 0 Å². The maximum atomic E-state index is 5.67. The molecule has 0 radical (unpaired) electrons. The highest BCUT2D eigenvalue weighted by Gasteiger charge is 2.11. The summed E-state index contributed by atoms with van der Waals surface area (Å²) >= 11 is 3.53. The van der Waals surface area contributed by atoms with Gasteiger partial charge in [0.2, 0.25) is 0 Å². The number of nitrogens with one attached hydrogen (secondary N) is 1. The summed E-state index contributed by atoms with van der Waals surface area (Å²) in [6.45, 7) is 5.57. The van der Waals surface area contributed by atoms with Gasteiger partial charge in [0, 0.05) is 0 Å². The van der Waals surface area contributed by atoms with Gasteiger partial charge in [0.25, 0.3) is 0 Å². The molecule has 0 aliphatic carbocycles. The maximum absolute atomic E-state index is 5.67. The molecule has 2 rings (SSSR count). The van der Waals surface area contributed by atoms with Crippen LogP contribution in [0.15, 0.2) is 39.9 Å². The zero-order chi connectivity index (χ0) is 19.6. The summed E-state index contributed by atoms with van der Waals surface area (Å²) in [5.41, 5.74) is 4.97. The third-order valence-corrected chi connectivity index (χ3v) is 4.25. The Labute approximate surface area is 168 Å². The van der Waals surface area contributed by atoms with Crippen LogP contribution in [0.4, 0.5) is 0 Å². The van der Waals surface area contributed by atoms with Crippen LogP contribution in [0, 0.1) is 0 Å². The van der Waals surface area contributed by atoms with Crippen molar-refractivity contribution in [2.45, 2.75) is 20.4 Å². The van der Waals surface area contributed by atoms with Crippen LogP contribution in [0.25, 0.3) is 0 Å². The first-order chi connectivity index (χ1) is 13.1. The minimum atomic E-state index is 0.560. The number of hydrazone groups is 1. The van der Waals surface area contributed by atoms with Crippen molar-refractivity contribution < 1.29 is 18.9 Å². The van der Waals surface area contributed by atoms with E-state index >= 15 is 0 Å². The van der Waals surface area contributed by atoms with Crippen LogP contribution in [0.3, 0.4) is 0 Å². The predicted molar refractivity (Wildman–Crippen MR) is 110 cm³/mol. The minimum Gasteiger partial charge on any atom is -0.493 e. The summed E-state index contributed by atoms with van der Waals surface area (Å²) in [5.74, 6) is 2.79. The van der Waals surface area contributed by atoms with Gasteiger partial charge in [-0.05, 0) is 65.2 Å². The van der Waals surface area contributed by atoms with Gasteiger partial charge in [-0.3, -0.25) is 0 Å². The molecule has 1 N–H and O–H groups in total. The number of hydrogen-bond donors (Lipinski definition) is 1. The summed E-state index contributed by atoms with van der Waals surface area (Å²) in [7, 11) is 3.23. The van der Waals surface area contributed by atoms with E-state index in [4.69, 9.17) is 18.9 Å². The second-order valence-electron chi connectivity index (χ2n) is 5.48. The molecule has 0 saturated heterocycles. The van der Waals surface area contributed by atoms with E-state index in [0.717, 1.165) is 15.6 Å². The SMILES string of the molecule is CCOc1cc(/C=N/NCc2ccc(OC)c(OC)c2)cc(Br)c1OCC. The Bertz CT molecular complexity index is 781. The average molecular weight is 437 g/mol. The fourth-order valence-electron chi connectivity index (χ4n) is 2.46. The standard InChI is InChI=1S/C20H25BrN2O4/c1-5-26-19-11-15(9-16(21)20(19)27-6-2)13-23-22-12-14-7-8-17(24-3)18(10-14)25-4/h7-11,13,22H,5-6,12H2,1-4H3/b23-13+. The molecular formula is C20H25BrN2O4. The van der Waals surface area contributed by atoms with Gasteiger partial charge in [0.15, 0.2) is 23.0 Å². The number of nitrogens with zero attached hydrogens (tertiary/aromatic N) is 1. The zero-order valence-corrected chi connectivity index (χ0v) is 17.6. The lowest BCUT2D eigenvalue weighted by Crippen LogP contribution is -2.06. The summed E-state index contributed by atoms with van der Waals surface area (Å²) in [4.78, 5) is 0. The smallest absolute Gasteiger partial charge is 0.175 e. The molecule has 0 aromatic heterocycles. The monoisotopic (exact) mass is 436 g/mol. The maximum Gasteiger partial charge on any atom is 0.175 e. The Morgan fingerprint density at radius 2 is 1.70 bits per heavy atom. The first kappa shape index (κ1) is 20.9. The molecule has 0 amide bonds. The van der Waals surface area contributed by atoms with E-state index in [1.165, 1.54) is 0 Å². The average Bonchev–Trinajstić information content (AvgIpc) is 2.68. The van der Waals surface area contributed by atoms with Gasteiger partial charge in [-0.1, -0.05) is 6.07 Å². The van der Waals surface area contributed by atoms with Gasteiger partial charge in [-0.25, -0.2) is 0 Å². The molecule has 0 fully saturated rings. The van der Waals surface area contributed by atoms with E-state index in [1.54, 1.807) is 20.4 Å². The number of ether oxygens (including phenoxy) is 4. The van der Waals surface area contributed by atoms with Gasteiger partial charge in [-0.15, -0.1) is 0 Å². The second-order valence-corrected chi connectivity index (χ2v) is 6.33. The molecule has 0 heterocycles.